The molecule has 0 unspecified atom stereocenters. The van der Waals surface area contributed by atoms with Crippen molar-refractivity contribution in [1.82, 2.24) is 24.8 Å². The molecule has 1 aliphatic rings. The highest BCUT2D eigenvalue weighted by molar-refractivity contribution is 5.92. The summed E-state index contributed by atoms with van der Waals surface area (Å²) < 4.78 is 6.87. The molecule has 8 nitrogen and oxygen atoms in total. The summed E-state index contributed by atoms with van der Waals surface area (Å²) in [5.74, 6) is 1.32. The number of rotatable bonds is 3. The molecule has 1 amide bonds. The van der Waals surface area contributed by atoms with Gasteiger partial charge in [-0.3, -0.25) is 4.79 Å². The van der Waals surface area contributed by atoms with Gasteiger partial charge in [-0.15, -0.1) is 0 Å². The van der Waals surface area contributed by atoms with E-state index in [1.165, 1.54) is 0 Å². The highest BCUT2D eigenvalue weighted by Crippen LogP contribution is 2.29. The number of aryl methyl sites for hydroxylation is 2. The molecule has 4 heterocycles. The first-order valence-electron chi connectivity index (χ1n) is 8.90. The van der Waals surface area contributed by atoms with E-state index in [0.717, 1.165) is 48.3 Å². The molecular formula is C18H22N6O2. The number of piperidine rings is 1. The van der Waals surface area contributed by atoms with Crippen molar-refractivity contribution >= 4 is 22.8 Å². The van der Waals surface area contributed by atoms with E-state index >= 15 is 0 Å². The number of hydrogen-bond acceptors (Lipinski definition) is 6. The van der Waals surface area contributed by atoms with Crippen LogP contribution in [0.1, 0.15) is 47.6 Å². The summed E-state index contributed by atoms with van der Waals surface area (Å²) in [4.78, 5) is 19.3. The average molecular weight is 354 g/mol. The molecular weight excluding hydrogens is 332 g/mol. The normalized spacial score (nSPS) is 17.8. The van der Waals surface area contributed by atoms with Crippen LogP contribution in [-0.2, 0) is 13.5 Å². The largest absolute Gasteiger partial charge is 0.382 e. The quantitative estimate of drug-likeness (QED) is 0.773. The highest BCUT2D eigenvalue weighted by Gasteiger charge is 2.28. The second kappa shape index (κ2) is 6.44. The third-order valence-corrected chi connectivity index (χ3v) is 4.99. The van der Waals surface area contributed by atoms with Crippen molar-refractivity contribution in [3.05, 3.63) is 35.3 Å². The van der Waals surface area contributed by atoms with Crippen molar-refractivity contribution in [2.45, 2.75) is 32.1 Å². The Labute approximate surface area is 151 Å². The van der Waals surface area contributed by atoms with Gasteiger partial charge in [-0.25, -0.2) is 9.67 Å². The van der Waals surface area contributed by atoms with Gasteiger partial charge in [0, 0.05) is 44.2 Å². The topological polar surface area (TPSA) is 103 Å². The van der Waals surface area contributed by atoms with Crippen molar-refractivity contribution in [3.63, 3.8) is 0 Å². The molecule has 0 aliphatic carbocycles. The molecule has 1 aliphatic heterocycles. The number of fused-ring (bicyclic) bond motifs is 1. The number of hydrogen-bond donors (Lipinski definition) is 1. The number of nitrogen functional groups attached to an aromatic ring is 1. The standard InChI is InChI=1S/C18H22N6O2/c1-3-12-9-15(22-26-12)18(25)24-8-4-5-11(10-24)14-7-6-13-16(19)21-23(2)17(13)20-14/h6-7,9,11H,3-5,8,10H2,1-2H3,(H2,19,21)/t11-/m0/s1. The lowest BCUT2D eigenvalue weighted by atomic mass is 9.94. The number of amides is 1. The first-order chi connectivity index (χ1) is 12.6. The van der Waals surface area contributed by atoms with E-state index in [-0.39, 0.29) is 11.8 Å². The molecule has 1 saturated heterocycles. The Morgan fingerprint density at radius 3 is 3.04 bits per heavy atom. The maximum Gasteiger partial charge on any atom is 0.276 e. The van der Waals surface area contributed by atoms with Crippen molar-refractivity contribution in [2.75, 3.05) is 18.8 Å². The molecule has 0 spiro atoms. The Balaban J connectivity index is 1.56. The Morgan fingerprint density at radius 1 is 1.42 bits per heavy atom. The van der Waals surface area contributed by atoms with Gasteiger partial charge in [0.25, 0.3) is 5.91 Å². The van der Waals surface area contributed by atoms with Gasteiger partial charge >= 0.3 is 0 Å². The lowest BCUT2D eigenvalue weighted by Crippen LogP contribution is -2.39. The first kappa shape index (κ1) is 16.6. The van der Waals surface area contributed by atoms with Gasteiger partial charge < -0.3 is 15.2 Å². The minimum atomic E-state index is -0.0796. The minimum absolute atomic E-state index is 0.0796. The fourth-order valence-corrected chi connectivity index (χ4v) is 3.55. The molecule has 2 N–H and O–H groups in total. The Bertz CT molecular complexity index is 960. The lowest BCUT2D eigenvalue weighted by molar-refractivity contribution is 0.0695. The zero-order valence-electron chi connectivity index (χ0n) is 15.0. The van der Waals surface area contributed by atoms with E-state index < -0.39 is 0 Å². The second-order valence-electron chi connectivity index (χ2n) is 6.74. The maximum absolute atomic E-state index is 12.7. The first-order valence-corrected chi connectivity index (χ1v) is 8.90. The summed E-state index contributed by atoms with van der Waals surface area (Å²) in [5.41, 5.74) is 8.02. The molecule has 0 bridgehead atoms. The van der Waals surface area contributed by atoms with Crippen LogP contribution in [0, 0.1) is 0 Å². The molecule has 3 aromatic rings. The molecule has 136 valence electrons. The molecule has 1 fully saturated rings. The van der Waals surface area contributed by atoms with Crippen LogP contribution in [0.25, 0.3) is 11.0 Å². The van der Waals surface area contributed by atoms with E-state index in [4.69, 9.17) is 15.2 Å². The molecule has 0 saturated carbocycles. The Hall–Kier alpha value is -2.90. The van der Waals surface area contributed by atoms with Crippen molar-refractivity contribution in [3.8, 4) is 0 Å². The van der Waals surface area contributed by atoms with Gasteiger partial charge in [-0.1, -0.05) is 12.1 Å². The third kappa shape index (κ3) is 2.81. The van der Waals surface area contributed by atoms with Crippen LogP contribution in [0.3, 0.4) is 0 Å². The Morgan fingerprint density at radius 2 is 2.27 bits per heavy atom. The minimum Gasteiger partial charge on any atom is -0.382 e. The summed E-state index contributed by atoms with van der Waals surface area (Å²) >= 11 is 0. The molecule has 1 atom stereocenters. The van der Waals surface area contributed by atoms with Crippen LogP contribution in [0.5, 0.6) is 0 Å². The lowest BCUT2D eigenvalue weighted by Gasteiger charge is -2.32. The second-order valence-corrected chi connectivity index (χ2v) is 6.74. The number of anilines is 1. The fourth-order valence-electron chi connectivity index (χ4n) is 3.55. The van der Waals surface area contributed by atoms with Gasteiger partial charge in [0.1, 0.15) is 5.76 Å². The number of carbonyl (C=O) groups excluding carboxylic acids is 1. The summed E-state index contributed by atoms with van der Waals surface area (Å²) in [5, 5.41) is 8.98. The Kier molecular flexibility index (Phi) is 4.10. The predicted molar refractivity (Wildman–Crippen MR) is 96.7 cm³/mol. The summed E-state index contributed by atoms with van der Waals surface area (Å²) in [6.45, 7) is 3.32. The number of pyridine rings is 1. The van der Waals surface area contributed by atoms with Gasteiger partial charge in [0.2, 0.25) is 0 Å². The molecule has 0 aromatic carbocycles. The van der Waals surface area contributed by atoms with Crippen LogP contribution in [0.4, 0.5) is 5.82 Å². The van der Waals surface area contributed by atoms with E-state index in [1.807, 2.05) is 31.0 Å². The molecule has 3 aromatic heterocycles. The van der Waals surface area contributed by atoms with Gasteiger partial charge in [0.15, 0.2) is 17.2 Å². The van der Waals surface area contributed by atoms with Crippen molar-refractivity contribution in [1.29, 1.82) is 0 Å². The number of carbonyl (C=O) groups is 1. The van der Waals surface area contributed by atoms with E-state index in [9.17, 15) is 4.79 Å². The maximum atomic E-state index is 12.7. The number of likely N-dealkylation sites (tertiary alicyclic amines) is 1. The van der Waals surface area contributed by atoms with Gasteiger partial charge in [0.05, 0.1) is 5.39 Å². The van der Waals surface area contributed by atoms with Crippen LogP contribution < -0.4 is 5.73 Å². The van der Waals surface area contributed by atoms with E-state index in [1.54, 1.807) is 10.7 Å². The number of nitrogens with zero attached hydrogens (tertiary/aromatic N) is 5. The van der Waals surface area contributed by atoms with E-state index in [0.29, 0.717) is 18.1 Å². The van der Waals surface area contributed by atoms with Crippen LogP contribution in [0.15, 0.2) is 22.7 Å². The zero-order valence-corrected chi connectivity index (χ0v) is 15.0. The summed E-state index contributed by atoms with van der Waals surface area (Å²) in [6, 6.07) is 5.69. The molecule has 4 rings (SSSR count). The number of nitrogens with two attached hydrogens (primary N) is 1. The van der Waals surface area contributed by atoms with Gasteiger partial charge in [-0.05, 0) is 25.0 Å². The molecule has 8 heteroatoms. The summed E-state index contributed by atoms with van der Waals surface area (Å²) in [7, 11) is 1.84. The smallest absolute Gasteiger partial charge is 0.276 e. The van der Waals surface area contributed by atoms with E-state index in [2.05, 4.69) is 10.3 Å². The van der Waals surface area contributed by atoms with Crippen LogP contribution >= 0.6 is 0 Å². The van der Waals surface area contributed by atoms with Gasteiger partial charge in [-0.2, -0.15) is 5.10 Å². The monoisotopic (exact) mass is 354 g/mol. The van der Waals surface area contributed by atoms with Crippen LogP contribution in [0.2, 0.25) is 0 Å². The zero-order chi connectivity index (χ0) is 18.3. The predicted octanol–water partition coefficient (Wildman–Crippen LogP) is 2.12. The highest BCUT2D eigenvalue weighted by atomic mass is 16.5. The van der Waals surface area contributed by atoms with Crippen molar-refractivity contribution < 1.29 is 9.32 Å². The third-order valence-electron chi connectivity index (χ3n) is 4.99. The average Bonchev–Trinajstić information content (AvgIpc) is 3.26. The summed E-state index contributed by atoms with van der Waals surface area (Å²) in [6.07, 6.45) is 2.65. The van der Waals surface area contributed by atoms with Crippen LogP contribution in [-0.4, -0.2) is 43.8 Å². The fraction of sp³-hybridized carbons (Fsp3) is 0.444. The van der Waals surface area contributed by atoms with Crippen molar-refractivity contribution in [2.24, 2.45) is 7.05 Å². The SMILES string of the molecule is CCc1cc(C(=O)N2CCC[C@H](c3ccc4c(N)nn(C)c4n3)C2)no1. The molecule has 0 radical (unpaired) electrons. The number of aromatic nitrogens is 4. The molecule has 26 heavy (non-hydrogen) atoms.